The van der Waals surface area contributed by atoms with E-state index >= 15 is 0 Å². The van der Waals surface area contributed by atoms with Crippen molar-refractivity contribution in [2.45, 2.75) is 19.9 Å². The summed E-state index contributed by atoms with van der Waals surface area (Å²) in [5.41, 5.74) is 1.88. The van der Waals surface area contributed by atoms with Gasteiger partial charge in [0.1, 0.15) is 5.76 Å². The lowest BCUT2D eigenvalue weighted by Crippen LogP contribution is -2.28. The summed E-state index contributed by atoms with van der Waals surface area (Å²) in [6.45, 7) is 4.08. The van der Waals surface area contributed by atoms with Crippen molar-refractivity contribution in [1.82, 2.24) is 9.88 Å². The van der Waals surface area contributed by atoms with Crippen LogP contribution < -0.4 is 0 Å². The van der Waals surface area contributed by atoms with Crippen LogP contribution in [0.15, 0.2) is 21.2 Å². The zero-order valence-electron chi connectivity index (χ0n) is 11.6. The van der Waals surface area contributed by atoms with Crippen LogP contribution in [0.5, 0.6) is 0 Å². The predicted molar refractivity (Wildman–Crippen MR) is 78.6 cm³/mol. The Balaban J connectivity index is 2.07. The molecule has 0 saturated carbocycles. The largest absolute Gasteiger partial charge is 0.441 e. The Bertz CT molecular complexity index is 510. The number of rotatable bonds is 8. The second-order valence-electron chi connectivity index (χ2n) is 4.61. The van der Waals surface area contributed by atoms with Gasteiger partial charge in [0.05, 0.1) is 12.3 Å². The number of aryl methyl sites for hydroxylation is 1. The molecule has 0 aliphatic rings. The fourth-order valence-electron chi connectivity index (χ4n) is 2.00. The van der Waals surface area contributed by atoms with Crippen LogP contribution in [0.3, 0.4) is 0 Å². The Hall–Kier alpha value is -1.21. The van der Waals surface area contributed by atoms with Crippen LogP contribution >= 0.6 is 11.3 Å². The molecule has 2 N–H and O–H groups in total. The van der Waals surface area contributed by atoms with E-state index in [1.165, 1.54) is 0 Å². The second kappa shape index (κ2) is 7.54. The highest BCUT2D eigenvalue weighted by Crippen LogP contribution is 2.24. The molecule has 5 nitrogen and oxygen atoms in total. The van der Waals surface area contributed by atoms with Gasteiger partial charge in [0.15, 0.2) is 0 Å². The Kier molecular flexibility index (Phi) is 5.72. The summed E-state index contributed by atoms with van der Waals surface area (Å²) in [5.74, 6) is 1.45. The molecule has 2 aromatic heterocycles. The number of nitrogens with zero attached hydrogens (tertiary/aromatic N) is 2. The molecule has 0 spiro atoms. The number of aliphatic hydroxyl groups excluding tert-OH is 2. The van der Waals surface area contributed by atoms with E-state index in [1.807, 2.05) is 23.8 Å². The summed E-state index contributed by atoms with van der Waals surface area (Å²) in [6, 6.07) is 1.98. The zero-order valence-corrected chi connectivity index (χ0v) is 12.4. The smallest absolute Gasteiger partial charge is 0.227 e. The van der Waals surface area contributed by atoms with Crippen molar-refractivity contribution in [1.29, 1.82) is 0 Å². The van der Waals surface area contributed by atoms with Crippen LogP contribution in [0.25, 0.3) is 11.5 Å². The van der Waals surface area contributed by atoms with Crippen molar-refractivity contribution in [3.05, 3.63) is 28.3 Å². The average Bonchev–Trinajstić information content (AvgIpc) is 3.06. The molecule has 0 aliphatic heterocycles. The van der Waals surface area contributed by atoms with Gasteiger partial charge in [0.2, 0.25) is 5.89 Å². The summed E-state index contributed by atoms with van der Waals surface area (Å²) in [6.07, 6.45) is 0.689. The minimum atomic E-state index is 0.0969. The molecule has 2 rings (SSSR count). The third-order valence-corrected chi connectivity index (χ3v) is 3.77. The van der Waals surface area contributed by atoms with Gasteiger partial charge >= 0.3 is 0 Å². The second-order valence-corrected chi connectivity index (χ2v) is 5.39. The molecule has 2 aromatic rings. The molecular weight excluding hydrogens is 276 g/mol. The number of hydrogen-bond donors (Lipinski definition) is 2. The Morgan fingerprint density at radius 2 is 2.15 bits per heavy atom. The van der Waals surface area contributed by atoms with Gasteiger partial charge in [-0.3, -0.25) is 4.90 Å². The van der Waals surface area contributed by atoms with Gasteiger partial charge in [-0.05, 0) is 24.8 Å². The summed E-state index contributed by atoms with van der Waals surface area (Å²) in [4.78, 5) is 6.60. The van der Waals surface area contributed by atoms with Gasteiger partial charge in [-0.15, -0.1) is 0 Å². The summed E-state index contributed by atoms with van der Waals surface area (Å²) < 4.78 is 5.70. The zero-order chi connectivity index (χ0) is 14.4. The van der Waals surface area contributed by atoms with Crippen molar-refractivity contribution < 1.29 is 14.6 Å². The maximum atomic E-state index is 9.09. The van der Waals surface area contributed by atoms with Crippen LogP contribution in [0.4, 0.5) is 0 Å². The number of thiophene rings is 1. The van der Waals surface area contributed by atoms with Gasteiger partial charge < -0.3 is 14.6 Å². The fourth-order valence-corrected chi connectivity index (χ4v) is 2.63. The van der Waals surface area contributed by atoms with Crippen LogP contribution in [0.1, 0.15) is 17.9 Å². The molecule has 0 bridgehead atoms. The maximum absolute atomic E-state index is 9.09. The van der Waals surface area contributed by atoms with E-state index in [0.29, 0.717) is 25.4 Å². The maximum Gasteiger partial charge on any atom is 0.227 e. The summed E-state index contributed by atoms with van der Waals surface area (Å²) in [7, 11) is 0. The third-order valence-electron chi connectivity index (χ3n) is 3.08. The fraction of sp³-hybridized carbons (Fsp3) is 0.500. The lowest BCUT2D eigenvalue weighted by Gasteiger charge is -2.19. The van der Waals surface area contributed by atoms with Crippen LogP contribution in [-0.2, 0) is 6.54 Å². The molecule has 0 amide bonds. The van der Waals surface area contributed by atoms with E-state index in [1.54, 1.807) is 11.3 Å². The first-order valence-corrected chi connectivity index (χ1v) is 7.62. The molecule has 2 heterocycles. The quantitative estimate of drug-likeness (QED) is 0.778. The van der Waals surface area contributed by atoms with E-state index in [2.05, 4.69) is 9.88 Å². The molecule has 0 aliphatic carbocycles. The van der Waals surface area contributed by atoms with Crippen LogP contribution in [-0.4, -0.2) is 46.4 Å². The van der Waals surface area contributed by atoms with Crippen molar-refractivity contribution in [2.24, 2.45) is 0 Å². The number of hydrogen-bond acceptors (Lipinski definition) is 6. The van der Waals surface area contributed by atoms with Crippen LogP contribution in [0.2, 0.25) is 0 Å². The number of aromatic nitrogens is 1. The summed E-state index contributed by atoms with van der Waals surface area (Å²) in [5, 5.41) is 22.0. The molecule has 0 atom stereocenters. The normalized spacial score (nSPS) is 11.4. The number of aliphatic hydroxyl groups is 2. The molecule has 0 aromatic carbocycles. The highest BCUT2D eigenvalue weighted by atomic mass is 32.1. The molecule has 0 unspecified atom stereocenters. The van der Waals surface area contributed by atoms with E-state index in [-0.39, 0.29) is 13.2 Å². The average molecular weight is 296 g/mol. The standard InChI is InChI=1S/C14H20N2O3S/c1-11-13(9-16(5-7-18)4-2-6-17)15-14(19-11)12-3-8-20-10-12/h3,8,10,17-18H,2,4-7,9H2,1H3. The van der Waals surface area contributed by atoms with Gasteiger partial charge in [-0.25, -0.2) is 4.98 Å². The highest BCUT2D eigenvalue weighted by molar-refractivity contribution is 7.08. The molecule has 0 saturated heterocycles. The monoisotopic (exact) mass is 296 g/mol. The van der Waals surface area contributed by atoms with E-state index in [9.17, 15) is 0 Å². The Labute approximate surface area is 122 Å². The lowest BCUT2D eigenvalue weighted by atomic mass is 10.3. The molecule has 110 valence electrons. The van der Waals surface area contributed by atoms with Crippen molar-refractivity contribution in [2.75, 3.05) is 26.3 Å². The van der Waals surface area contributed by atoms with E-state index in [0.717, 1.165) is 23.6 Å². The SMILES string of the molecule is Cc1oc(-c2ccsc2)nc1CN(CCO)CCCO. The molecule has 0 fully saturated rings. The Morgan fingerprint density at radius 3 is 2.80 bits per heavy atom. The molecule has 0 radical (unpaired) electrons. The van der Waals surface area contributed by atoms with Gasteiger partial charge in [0.25, 0.3) is 0 Å². The minimum Gasteiger partial charge on any atom is -0.441 e. The van der Waals surface area contributed by atoms with Crippen molar-refractivity contribution in [3.63, 3.8) is 0 Å². The highest BCUT2D eigenvalue weighted by Gasteiger charge is 2.14. The van der Waals surface area contributed by atoms with Crippen molar-refractivity contribution in [3.8, 4) is 11.5 Å². The summed E-state index contributed by atoms with van der Waals surface area (Å²) >= 11 is 1.61. The van der Waals surface area contributed by atoms with Gasteiger partial charge in [-0.2, -0.15) is 11.3 Å². The number of oxazole rings is 1. The first-order chi connectivity index (χ1) is 9.74. The predicted octanol–water partition coefficient (Wildman–Crippen LogP) is 1.89. The van der Waals surface area contributed by atoms with E-state index in [4.69, 9.17) is 14.6 Å². The topological polar surface area (TPSA) is 69.7 Å². The molecule has 6 heteroatoms. The Morgan fingerprint density at radius 1 is 1.30 bits per heavy atom. The van der Waals surface area contributed by atoms with Gasteiger partial charge in [0, 0.05) is 37.2 Å². The third kappa shape index (κ3) is 3.89. The van der Waals surface area contributed by atoms with Crippen LogP contribution in [0, 0.1) is 6.92 Å². The molecule has 20 heavy (non-hydrogen) atoms. The van der Waals surface area contributed by atoms with E-state index < -0.39 is 0 Å². The minimum absolute atomic E-state index is 0.0969. The lowest BCUT2D eigenvalue weighted by molar-refractivity contribution is 0.172. The first kappa shape index (κ1) is 15.2. The van der Waals surface area contributed by atoms with Gasteiger partial charge in [-0.1, -0.05) is 0 Å². The van der Waals surface area contributed by atoms with Crippen molar-refractivity contribution >= 4 is 11.3 Å². The molecular formula is C14H20N2O3S. The first-order valence-electron chi connectivity index (χ1n) is 6.67.